The van der Waals surface area contributed by atoms with Gasteiger partial charge in [-0.15, -0.1) is 0 Å². The first-order chi connectivity index (χ1) is 9.22. The molecule has 0 bridgehead atoms. The van der Waals surface area contributed by atoms with Crippen LogP contribution in [-0.2, 0) is 10.0 Å². The summed E-state index contributed by atoms with van der Waals surface area (Å²) in [5, 5.41) is 2.51. The van der Waals surface area contributed by atoms with Crippen LogP contribution in [0.3, 0.4) is 0 Å². The predicted molar refractivity (Wildman–Crippen MR) is 72.2 cm³/mol. The zero-order chi connectivity index (χ0) is 15.1. The lowest BCUT2D eigenvalue weighted by molar-refractivity contribution is 0.245. The minimum Gasteiger partial charge on any atom is -0.396 e. The summed E-state index contributed by atoms with van der Waals surface area (Å²) in [4.78, 5) is 11.4. The molecule has 2 amide bonds. The van der Waals surface area contributed by atoms with Crippen LogP contribution in [0.1, 0.15) is 24.0 Å². The van der Waals surface area contributed by atoms with Crippen molar-refractivity contribution in [3.8, 4) is 0 Å². The minimum atomic E-state index is -4.09. The van der Waals surface area contributed by atoms with Gasteiger partial charge < -0.3 is 11.1 Å². The van der Waals surface area contributed by atoms with Crippen molar-refractivity contribution < 1.29 is 17.6 Å². The third-order valence-corrected chi connectivity index (χ3v) is 4.73. The van der Waals surface area contributed by atoms with Gasteiger partial charge in [0.05, 0.1) is 10.6 Å². The number of aryl methyl sites for hydroxylation is 1. The Morgan fingerprint density at radius 3 is 2.55 bits per heavy atom. The van der Waals surface area contributed by atoms with E-state index in [1.165, 1.54) is 13.8 Å². The van der Waals surface area contributed by atoms with Crippen LogP contribution in [-0.4, -0.2) is 20.5 Å². The molecule has 0 aromatic heterocycles. The number of nitrogens with two attached hydrogens (primary N) is 1. The summed E-state index contributed by atoms with van der Waals surface area (Å²) in [6.07, 6.45) is 1.68. The van der Waals surface area contributed by atoms with Gasteiger partial charge in [-0.1, -0.05) is 0 Å². The number of amides is 2. The first-order valence-electron chi connectivity index (χ1n) is 6.11. The maximum Gasteiger partial charge on any atom is 0.328 e. The van der Waals surface area contributed by atoms with E-state index in [2.05, 4.69) is 5.32 Å². The summed E-state index contributed by atoms with van der Waals surface area (Å²) in [6, 6.07) is 0.287. The number of carbonyl (C=O) groups is 1. The molecule has 0 aliphatic heterocycles. The van der Waals surface area contributed by atoms with Crippen molar-refractivity contribution in [1.82, 2.24) is 10.0 Å². The quantitative estimate of drug-likeness (QED) is 0.729. The molecule has 6 nitrogen and oxygen atoms in total. The number of carbonyl (C=O) groups excluding carboxylic acids is 1. The fourth-order valence-corrected chi connectivity index (χ4v) is 3.36. The summed E-state index contributed by atoms with van der Waals surface area (Å²) in [5.74, 6) is -0.679. The van der Waals surface area contributed by atoms with E-state index in [9.17, 15) is 17.6 Å². The molecule has 0 unspecified atom stereocenters. The van der Waals surface area contributed by atoms with E-state index in [1.54, 1.807) is 0 Å². The van der Waals surface area contributed by atoms with Crippen molar-refractivity contribution in [2.24, 2.45) is 0 Å². The zero-order valence-corrected chi connectivity index (χ0v) is 12.0. The van der Waals surface area contributed by atoms with Gasteiger partial charge in [-0.2, -0.15) is 0 Å². The van der Waals surface area contributed by atoms with Crippen LogP contribution in [0.5, 0.6) is 0 Å². The number of benzene rings is 1. The van der Waals surface area contributed by atoms with Crippen LogP contribution in [0.4, 0.5) is 14.9 Å². The number of hydrogen-bond donors (Lipinski definition) is 3. The van der Waals surface area contributed by atoms with E-state index in [0.29, 0.717) is 0 Å². The highest BCUT2D eigenvalue weighted by Gasteiger charge is 2.28. The summed E-state index contributed by atoms with van der Waals surface area (Å²) in [7, 11) is -4.09. The molecule has 0 heterocycles. The maximum atomic E-state index is 13.4. The van der Waals surface area contributed by atoms with Crippen molar-refractivity contribution in [2.75, 3.05) is 5.73 Å². The number of nitrogens with one attached hydrogen (secondary N) is 2. The van der Waals surface area contributed by atoms with Gasteiger partial charge >= 0.3 is 6.03 Å². The molecule has 20 heavy (non-hydrogen) atoms. The number of anilines is 1. The second kappa shape index (κ2) is 4.93. The molecule has 1 fully saturated rings. The van der Waals surface area contributed by atoms with Crippen LogP contribution in [0, 0.1) is 19.7 Å². The number of halogens is 1. The van der Waals surface area contributed by atoms with Crippen LogP contribution < -0.4 is 15.8 Å². The van der Waals surface area contributed by atoms with Gasteiger partial charge in [-0.25, -0.2) is 22.3 Å². The summed E-state index contributed by atoms with van der Waals surface area (Å²) in [6.45, 7) is 2.85. The van der Waals surface area contributed by atoms with E-state index >= 15 is 0 Å². The van der Waals surface area contributed by atoms with Crippen molar-refractivity contribution in [1.29, 1.82) is 0 Å². The molecule has 0 saturated heterocycles. The first-order valence-corrected chi connectivity index (χ1v) is 7.59. The topological polar surface area (TPSA) is 101 Å². The molecule has 8 heteroatoms. The summed E-state index contributed by atoms with van der Waals surface area (Å²) < 4.78 is 39.7. The van der Waals surface area contributed by atoms with Gasteiger partial charge in [0.1, 0.15) is 5.82 Å². The molecule has 1 aliphatic carbocycles. The molecule has 2 rings (SSSR count). The molecule has 4 N–H and O–H groups in total. The smallest absolute Gasteiger partial charge is 0.328 e. The summed E-state index contributed by atoms with van der Waals surface area (Å²) in [5.41, 5.74) is 5.55. The normalized spacial score (nSPS) is 14.9. The average Bonchev–Trinajstić information content (AvgIpc) is 3.08. The third-order valence-electron chi connectivity index (χ3n) is 3.11. The van der Waals surface area contributed by atoms with E-state index < -0.39 is 21.9 Å². The number of hydrogen-bond acceptors (Lipinski definition) is 4. The fourth-order valence-electron chi connectivity index (χ4n) is 1.96. The first kappa shape index (κ1) is 14.6. The SMILES string of the molecule is Cc1cc(F)c(N)c(C)c1S(=O)(=O)NC(=O)NC1CC1. The standard InChI is InChI=1S/C12H16FN3O3S/c1-6-5-9(13)10(14)7(2)11(6)20(18,19)16-12(17)15-8-3-4-8/h5,8H,3-4,14H2,1-2H3,(H2,15,16,17). The number of rotatable bonds is 3. The Hall–Kier alpha value is -1.83. The van der Waals surface area contributed by atoms with Gasteiger partial charge in [-0.05, 0) is 43.9 Å². The van der Waals surface area contributed by atoms with Crippen LogP contribution in [0.25, 0.3) is 0 Å². The van der Waals surface area contributed by atoms with E-state index in [1.807, 2.05) is 4.72 Å². The fraction of sp³-hybridized carbons (Fsp3) is 0.417. The lowest BCUT2D eigenvalue weighted by atomic mass is 10.1. The largest absolute Gasteiger partial charge is 0.396 e. The van der Waals surface area contributed by atoms with Gasteiger partial charge in [0.25, 0.3) is 10.0 Å². The van der Waals surface area contributed by atoms with E-state index in [4.69, 9.17) is 5.73 Å². The molecular weight excluding hydrogens is 285 g/mol. The molecule has 0 spiro atoms. The van der Waals surface area contributed by atoms with Crippen molar-refractivity contribution in [2.45, 2.75) is 37.6 Å². The number of sulfonamides is 1. The van der Waals surface area contributed by atoms with Gasteiger partial charge in [0.15, 0.2) is 0 Å². The molecule has 1 aliphatic rings. The van der Waals surface area contributed by atoms with Crippen molar-refractivity contribution >= 4 is 21.7 Å². The number of urea groups is 1. The van der Waals surface area contributed by atoms with E-state index in [-0.39, 0.29) is 27.8 Å². The lowest BCUT2D eigenvalue weighted by Crippen LogP contribution is -2.40. The molecule has 1 saturated carbocycles. The minimum absolute atomic E-state index is 0.0330. The highest BCUT2D eigenvalue weighted by atomic mass is 32.2. The van der Waals surface area contributed by atoms with Crippen LogP contribution >= 0.6 is 0 Å². The highest BCUT2D eigenvalue weighted by molar-refractivity contribution is 7.90. The Balaban J connectivity index is 2.33. The second-order valence-electron chi connectivity index (χ2n) is 4.90. The van der Waals surface area contributed by atoms with Crippen LogP contribution in [0.2, 0.25) is 0 Å². The summed E-state index contributed by atoms with van der Waals surface area (Å²) >= 11 is 0. The second-order valence-corrected chi connectivity index (χ2v) is 6.52. The third kappa shape index (κ3) is 2.84. The van der Waals surface area contributed by atoms with Crippen LogP contribution in [0.15, 0.2) is 11.0 Å². The lowest BCUT2D eigenvalue weighted by Gasteiger charge is -2.14. The molecular formula is C12H16FN3O3S. The van der Waals surface area contributed by atoms with Gasteiger partial charge in [0, 0.05) is 6.04 Å². The molecule has 1 aromatic carbocycles. The molecule has 110 valence electrons. The molecule has 1 aromatic rings. The Morgan fingerprint density at radius 2 is 2.00 bits per heavy atom. The Kier molecular flexibility index (Phi) is 3.59. The monoisotopic (exact) mass is 301 g/mol. The Bertz CT molecular complexity index is 669. The average molecular weight is 301 g/mol. The number of nitrogen functional groups attached to an aromatic ring is 1. The Labute approximate surface area is 116 Å². The highest BCUT2D eigenvalue weighted by Crippen LogP contribution is 2.27. The van der Waals surface area contributed by atoms with Gasteiger partial charge in [-0.3, -0.25) is 0 Å². The maximum absolute atomic E-state index is 13.4. The van der Waals surface area contributed by atoms with E-state index in [0.717, 1.165) is 18.9 Å². The Morgan fingerprint density at radius 1 is 1.40 bits per heavy atom. The van der Waals surface area contributed by atoms with Gasteiger partial charge in [0.2, 0.25) is 0 Å². The predicted octanol–water partition coefficient (Wildman–Crippen LogP) is 1.18. The van der Waals surface area contributed by atoms with Crippen molar-refractivity contribution in [3.05, 3.63) is 23.0 Å². The molecule has 0 atom stereocenters. The molecule has 0 radical (unpaired) electrons. The van der Waals surface area contributed by atoms with Crippen molar-refractivity contribution in [3.63, 3.8) is 0 Å². The zero-order valence-electron chi connectivity index (χ0n) is 11.2.